The lowest BCUT2D eigenvalue weighted by molar-refractivity contribution is 0.217. The molecule has 0 bridgehead atoms. The van der Waals surface area contributed by atoms with Crippen molar-refractivity contribution < 1.29 is 4.79 Å². The molecular weight excluding hydrogens is 232 g/mol. The van der Waals surface area contributed by atoms with Gasteiger partial charge < -0.3 is 10.2 Å². The van der Waals surface area contributed by atoms with Crippen molar-refractivity contribution >= 4 is 23.5 Å². The highest BCUT2D eigenvalue weighted by atomic mass is 32.2. The summed E-state index contributed by atoms with van der Waals surface area (Å²) in [5.41, 5.74) is 2.17. The highest BCUT2D eigenvalue weighted by Gasteiger charge is 2.16. The molecule has 92 valence electrons. The Morgan fingerprint density at radius 3 is 2.53 bits per heavy atom. The molecule has 0 spiro atoms. The van der Waals surface area contributed by atoms with Crippen LogP contribution >= 0.6 is 11.8 Å². The molecule has 0 atom stereocenters. The molecule has 0 aromatic heterocycles. The highest BCUT2D eigenvalue weighted by Crippen LogP contribution is 2.13. The van der Waals surface area contributed by atoms with Gasteiger partial charge in [0.05, 0.1) is 0 Å². The Kier molecular flexibility index (Phi) is 4.31. The third kappa shape index (κ3) is 3.40. The molecule has 0 aliphatic carbocycles. The number of thioether (sulfide) groups is 1. The van der Waals surface area contributed by atoms with Crippen molar-refractivity contribution in [3.8, 4) is 0 Å². The SMILES string of the molecule is CCc1ccc(NC(=O)N2CCSCC2)cc1. The van der Waals surface area contributed by atoms with E-state index in [1.54, 1.807) is 0 Å². The van der Waals surface area contributed by atoms with Crippen molar-refractivity contribution in [1.82, 2.24) is 4.90 Å². The maximum Gasteiger partial charge on any atom is 0.321 e. The van der Waals surface area contributed by atoms with Gasteiger partial charge in [0.25, 0.3) is 0 Å². The second-order valence-electron chi connectivity index (χ2n) is 4.08. The van der Waals surface area contributed by atoms with Gasteiger partial charge in [-0.1, -0.05) is 19.1 Å². The number of amides is 2. The summed E-state index contributed by atoms with van der Waals surface area (Å²) in [6.07, 6.45) is 1.03. The number of hydrogen-bond acceptors (Lipinski definition) is 2. The van der Waals surface area contributed by atoms with Crippen LogP contribution in [0.3, 0.4) is 0 Å². The minimum Gasteiger partial charge on any atom is -0.323 e. The van der Waals surface area contributed by atoms with E-state index in [1.165, 1.54) is 5.56 Å². The van der Waals surface area contributed by atoms with E-state index >= 15 is 0 Å². The summed E-state index contributed by atoms with van der Waals surface area (Å²) in [4.78, 5) is 13.8. The normalized spacial score (nSPS) is 15.7. The molecule has 4 heteroatoms. The molecule has 1 aromatic carbocycles. The second-order valence-corrected chi connectivity index (χ2v) is 5.30. The molecule has 1 saturated heterocycles. The predicted octanol–water partition coefficient (Wildman–Crippen LogP) is 2.83. The number of aryl methyl sites for hydroxylation is 1. The second kappa shape index (κ2) is 5.96. The van der Waals surface area contributed by atoms with Crippen LogP contribution in [0.5, 0.6) is 0 Å². The molecule has 2 rings (SSSR count). The maximum atomic E-state index is 11.9. The fourth-order valence-electron chi connectivity index (χ4n) is 1.79. The Labute approximate surface area is 107 Å². The van der Waals surface area contributed by atoms with Crippen LogP contribution in [0.1, 0.15) is 12.5 Å². The van der Waals surface area contributed by atoms with Crippen LogP contribution in [-0.2, 0) is 6.42 Å². The van der Waals surface area contributed by atoms with E-state index in [-0.39, 0.29) is 6.03 Å². The quantitative estimate of drug-likeness (QED) is 0.875. The summed E-state index contributed by atoms with van der Waals surface area (Å²) in [7, 11) is 0. The molecule has 1 N–H and O–H groups in total. The first-order valence-electron chi connectivity index (χ1n) is 6.02. The first-order chi connectivity index (χ1) is 8.29. The molecule has 1 aliphatic rings. The van der Waals surface area contributed by atoms with E-state index in [0.29, 0.717) is 0 Å². The summed E-state index contributed by atoms with van der Waals surface area (Å²) < 4.78 is 0. The first-order valence-corrected chi connectivity index (χ1v) is 7.17. The Balaban J connectivity index is 1.92. The molecule has 0 saturated carbocycles. The van der Waals surface area contributed by atoms with Gasteiger partial charge in [-0.3, -0.25) is 0 Å². The molecule has 0 radical (unpaired) electrons. The van der Waals surface area contributed by atoms with Crippen molar-refractivity contribution in [2.24, 2.45) is 0 Å². The zero-order valence-electron chi connectivity index (χ0n) is 10.1. The number of urea groups is 1. The molecule has 1 fully saturated rings. The fourth-order valence-corrected chi connectivity index (χ4v) is 2.70. The number of hydrogen-bond donors (Lipinski definition) is 1. The van der Waals surface area contributed by atoms with Crippen molar-refractivity contribution in [2.75, 3.05) is 29.9 Å². The van der Waals surface area contributed by atoms with Crippen LogP contribution < -0.4 is 5.32 Å². The molecule has 3 nitrogen and oxygen atoms in total. The fraction of sp³-hybridized carbons (Fsp3) is 0.462. The van der Waals surface area contributed by atoms with Crippen molar-refractivity contribution in [3.05, 3.63) is 29.8 Å². The molecule has 2 amide bonds. The summed E-state index contributed by atoms with van der Waals surface area (Å²) in [6, 6.07) is 8.07. The van der Waals surface area contributed by atoms with Gasteiger partial charge in [-0.05, 0) is 24.1 Å². The first kappa shape index (κ1) is 12.3. The lowest BCUT2D eigenvalue weighted by atomic mass is 10.1. The number of carbonyl (C=O) groups is 1. The van der Waals surface area contributed by atoms with Crippen LogP contribution in [0.4, 0.5) is 10.5 Å². The van der Waals surface area contributed by atoms with Gasteiger partial charge in [0, 0.05) is 30.3 Å². The Hall–Kier alpha value is -1.16. The van der Waals surface area contributed by atoms with Gasteiger partial charge in [0.15, 0.2) is 0 Å². The summed E-state index contributed by atoms with van der Waals surface area (Å²) in [5.74, 6) is 2.09. The third-order valence-electron chi connectivity index (χ3n) is 2.91. The zero-order chi connectivity index (χ0) is 12.1. The minimum absolute atomic E-state index is 0.0227. The third-order valence-corrected chi connectivity index (χ3v) is 3.85. The Bertz CT molecular complexity index is 372. The topological polar surface area (TPSA) is 32.3 Å². The predicted molar refractivity (Wildman–Crippen MR) is 73.7 cm³/mol. The lowest BCUT2D eigenvalue weighted by Crippen LogP contribution is -2.40. The minimum atomic E-state index is 0.0227. The van der Waals surface area contributed by atoms with Crippen molar-refractivity contribution in [1.29, 1.82) is 0 Å². The van der Waals surface area contributed by atoms with Crippen LogP contribution in [0, 0.1) is 0 Å². The van der Waals surface area contributed by atoms with Crippen molar-refractivity contribution in [3.63, 3.8) is 0 Å². The van der Waals surface area contributed by atoms with Gasteiger partial charge in [-0.2, -0.15) is 11.8 Å². The number of anilines is 1. The Morgan fingerprint density at radius 2 is 1.94 bits per heavy atom. The molecule has 1 heterocycles. The molecular formula is C13H18N2OS. The van der Waals surface area contributed by atoms with Crippen LogP contribution in [0.2, 0.25) is 0 Å². The van der Waals surface area contributed by atoms with Gasteiger partial charge in [-0.15, -0.1) is 0 Å². The highest BCUT2D eigenvalue weighted by molar-refractivity contribution is 7.99. The van der Waals surface area contributed by atoms with E-state index in [2.05, 4.69) is 24.4 Å². The van der Waals surface area contributed by atoms with E-state index < -0.39 is 0 Å². The van der Waals surface area contributed by atoms with Crippen molar-refractivity contribution in [2.45, 2.75) is 13.3 Å². The number of benzene rings is 1. The summed E-state index contributed by atoms with van der Waals surface area (Å²) in [5, 5.41) is 2.94. The van der Waals surface area contributed by atoms with Crippen LogP contribution in [0.25, 0.3) is 0 Å². The molecule has 1 aromatic rings. The molecule has 0 unspecified atom stereocenters. The maximum absolute atomic E-state index is 11.9. The largest absolute Gasteiger partial charge is 0.323 e. The van der Waals surface area contributed by atoms with E-state index in [9.17, 15) is 4.79 Å². The lowest BCUT2D eigenvalue weighted by Gasteiger charge is -2.26. The number of nitrogens with zero attached hydrogens (tertiary/aromatic N) is 1. The van der Waals surface area contributed by atoms with Crippen LogP contribution in [0.15, 0.2) is 24.3 Å². The number of carbonyl (C=O) groups excluding carboxylic acids is 1. The van der Waals surface area contributed by atoms with E-state index in [0.717, 1.165) is 36.7 Å². The summed E-state index contributed by atoms with van der Waals surface area (Å²) in [6.45, 7) is 3.83. The average molecular weight is 250 g/mol. The van der Waals surface area contributed by atoms with Gasteiger partial charge in [0.2, 0.25) is 0 Å². The Morgan fingerprint density at radius 1 is 1.29 bits per heavy atom. The average Bonchev–Trinajstić information content (AvgIpc) is 2.40. The smallest absolute Gasteiger partial charge is 0.321 e. The van der Waals surface area contributed by atoms with Gasteiger partial charge in [-0.25, -0.2) is 4.79 Å². The standard InChI is InChI=1S/C13H18N2OS/c1-2-11-3-5-12(6-4-11)14-13(16)15-7-9-17-10-8-15/h3-6H,2,7-10H2,1H3,(H,14,16). The van der Waals surface area contributed by atoms with E-state index in [1.807, 2.05) is 28.8 Å². The summed E-state index contributed by atoms with van der Waals surface area (Å²) >= 11 is 1.91. The molecule has 1 aliphatic heterocycles. The monoisotopic (exact) mass is 250 g/mol. The van der Waals surface area contributed by atoms with E-state index in [4.69, 9.17) is 0 Å². The molecule has 17 heavy (non-hydrogen) atoms. The zero-order valence-corrected chi connectivity index (χ0v) is 10.9. The van der Waals surface area contributed by atoms with Gasteiger partial charge in [0.1, 0.15) is 0 Å². The number of nitrogens with one attached hydrogen (secondary N) is 1. The van der Waals surface area contributed by atoms with Gasteiger partial charge >= 0.3 is 6.03 Å². The van der Waals surface area contributed by atoms with Crippen LogP contribution in [-0.4, -0.2) is 35.5 Å². The number of rotatable bonds is 2.